The molecule has 200 valence electrons. The lowest BCUT2D eigenvalue weighted by Crippen LogP contribution is -2.35. The number of amides is 2. The van der Waals surface area contributed by atoms with Gasteiger partial charge in [0.1, 0.15) is 0 Å². The number of aromatic amines is 1. The minimum atomic E-state index is -0.392. The number of allylic oxidation sites excluding steroid dienone is 12. The Morgan fingerprint density at radius 1 is 0.784 bits per heavy atom. The SMILES string of the molecule is CC/C=C\C/C=C\C/C=C\C/C=C\C/C=C\C/C=C\CCC(=O)NCCNC(=O)c1c[n+](=O)c(C)c[nH]1. The molecule has 0 aliphatic carbocycles. The minimum Gasteiger partial charge on any atom is -0.354 e. The third-order valence-electron chi connectivity index (χ3n) is 5.14. The van der Waals surface area contributed by atoms with Crippen molar-refractivity contribution in [3.63, 3.8) is 0 Å². The molecule has 0 bridgehead atoms. The van der Waals surface area contributed by atoms with Crippen LogP contribution in [0, 0.1) is 11.8 Å². The van der Waals surface area contributed by atoms with Crippen LogP contribution in [0.1, 0.15) is 74.5 Å². The van der Waals surface area contributed by atoms with Gasteiger partial charge in [-0.2, -0.15) is 0 Å². The van der Waals surface area contributed by atoms with Gasteiger partial charge in [0.2, 0.25) is 5.91 Å². The van der Waals surface area contributed by atoms with Gasteiger partial charge >= 0.3 is 0 Å². The zero-order valence-corrected chi connectivity index (χ0v) is 22.3. The van der Waals surface area contributed by atoms with Gasteiger partial charge in [-0.05, 0) is 44.9 Å². The Hall–Kier alpha value is -3.74. The smallest absolute Gasteiger partial charge is 0.274 e. The summed E-state index contributed by atoms with van der Waals surface area (Å²) >= 11 is 0. The van der Waals surface area contributed by atoms with E-state index in [9.17, 15) is 14.5 Å². The van der Waals surface area contributed by atoms with Crippen LogP contribution >= 0.6 is 0 Å². The van der Waals surface area contributed by atoms with Crippen LogP contribution in [-0.4, -0.2) is 29.9 Å². The molecular weight excluding hydrogens is 464 g/mol. The summed E-state index contributed by atoms with van der Waals surface area (Å²) in [5.41, 5.74) is 0.639. The molecule has 3 N–H and O–H groups in total. The van der Waals surface area contributed by atoms with Crippen LogP contribution in [0.25, 0.3) is 0 Å². The van der Waals surface area contributed by atoms with E-state index in [1.165, 1.54) is 12.4 Å². The van der Waals surface area contributed by atoms with Crippen LogP contribution in [0.15, 0.2) is 85.3 Å². The maximum Gasteiger partial charge on any atom is 0.274 e. The van der Waals surface area contributed by atoms with Crippen LogP contribution in [0.2, 0.25) is 0 Å². The predicted octanol–water partition coefficient (Wildman–Crippen LogP) is 5.56. The van der Waals surface area contributed by atoms with Gasteiger partial charge in [-0.1, -0.05) is 79.8 Å². The van der Waals surface area contributed by atoms with Crippen LogP contribution in [0.5, 0.6) is 0 Å². The fourth-order valence-corrected chi connectivity index (χ4v) is 3.04. The molecule has 37 heavy (non-hydrogen) atoms. The van der Waals surface area contributed by atoms with Crippen LogP contribution in [0.4, 0.5) is 0 Å². The van der Waals surface area contributed by atoms with Gasteiger partial charge in [0.25, 0.3) is 17.8 Å². The maximum absolute atomic E-state index is 12.0. The van der Waals surface area contributed by atoms with Crippen molar-refractivity contribution in [1.29, 1.82) is 0 Å². The molecule has 0 radical (unpaired) electrons. The topological polar surface area (TPSA) is 97.0 Å². The molecule has 0 saturated carbocycles. The summed E-state index contributed by atoms with van der Waals surface area (Å²) in [5.74, 6) is -0.454. The first-order valence-corrected chi connectivity index (χ1v) is 13.1. The largest absolute Gasteiger partial charge is 0.354 e. The summed E-state index contributed by atoms with van der Waals surface area (Å²) in [6.45, 7) is 4.40. The maximum atomic E-state index is 12.0. The number of carbonyl (C=O) groups excluding carboxylic acids is 2. The molecule has 0 atom stereocenters. The van der Waals surface area contributed by atoms with E-state index in [1.807, 2.05) is 6.08 Å². The number of nitrogens with zero attached hydrogens (tertiary/aromatic N) is 1. The van der Waals surface area contributed by atoms with Gasteiger partial charge in [-0.25, -0.2) is 0 Å². The van der Waals surface area contributed by atoms with Gasteiger partial charge in [-0.15, -0.1) is 0 Å². The molecule has 0 aliphatic rings. The Balaban J connectivity index is 2.01. The average Bonchev–Trinajstić information content (AvgIpc) is 2.89. The number of nitrogens with one attached hydrogen (secondary N) is 3. The van der Waals surface area contributed by atoms with E-state index in [0.29, 0.717) is 29.5 Å². The Kier molecular flexibility index (Phi) is 18.2. The normalized spacial score (nSPS) is 12.3. The van der Waals surface area contributed by atoms with E-state index >= 15 is 0 Å². The van der Waals surface area contributed by atoms with Gasteiger partial charge in [-0.3, -0.25) is 9.59 Å². The Morgan fingerprint density at radius 2 is 1.27 bits per heavy atom. The van der Waals surface area contributed by atoms with E-state index in [-0.39, 0.29) is 18.1 Å². The molecule has 1 aromatic heterocycles. The summed E-state index contributed by atoms with van der Waals surface area (Å²) in [7, 11) is 0. The summed E-state index contributed by atoms with van der Waals surface area (Å²) in [5, 5.41) is 5.43. The molecule has 0 aliphatic heterocycles. The summed E-state index contributed by atoms with van der Waals surface area (Å²) in [4.78, 5) is 38.1. The van der Waals surface area contributed by atoms with Crippen molar-refractivity contribution in [2.45, 2.75) is 65.2 Å². The predicted molar refractivity (Wildman–Crippen MR) is 152 cm³/mol. The van der Waals surface area contributed by atoms with Crippen molar-refractivity contribution >= 4 is 11.8 Å². The van der Waals surface area contributed by atoms with Crippen molar-refractivity contribution in [3.05, 3.63) is 102 Å². The van der Waals surface area contributed by atoms with Gasteiger partial charge < -0.3 is 15.6 Å². The molecule has 1 rings (SSSR count). The molecule has 7 heteroatoms. The highest BCUT2D eigenvalue weighted by molar-refractivity contribution is 5.91. The van der Waals surface area contributed by atoms with E-state index < -0.39 is 5.91 Å². The fraction of sp³-hybridized carbons (Fsp3) is 0.400. The first-order chi connectivity index (χ1) is 18.0. The number of hydrogen-bond acceptors (Lipinski definition) is 3. The Labute approximate surface area is 221 Å². The van der Waals surface area contributed by atoms with Crippen LogP contribution < -0.4 is 15.1 Å². The molecule has 0 spiro atoms. The van der Waals surface area contributed by atoms with Crippen LogP contribution in [0.3, 0.4) is 0 Å². The second-order valence-corrected chi connectivity index (χ2v) is 8.36. The van der Waals surface area contributed by atoms with Crippen molar-refractivity contribution < 1.29 is 14.0 Å². The van der Waals surface area contributed by atoms with Crippen LogP contribution in [-0.2, 0) is 4.79 Å². The Morgan fingerprint density at radius 3 is 1.78 bits per heavy atom. The molecular formula is C30H43N4O3+. The number of aromatic nitrogens is 2. The second kappa shape index (κ2) is 21.5. The summed E-state index contributed by atoms with van der Waals surface area (Å²) < 4.78 is 0.627. The first-order valence-electron chi connectivity index (χ1n) is 13.1. The van der Waals surface area contributed by atoms with Crippen molar-refractivity contribution in [2.75, 3.05) is 13.1 Å². The average molecular weight is 508 g/mol. The standard InChI is InChI=1S/C30H42N4O3/c1-3-4-5-6-7-8-9-10-11-12-13-14-15-16-17-18-19-20-21-22-29(35)31-23-24-32-30(36)28-26-34(37)27(2)25-33-28/h4-5,7-8,10-11,13-14,16-17,19-20,25-26H,3,6,9,12,15,18,21-24H2,1-2H3,(H2-,31,32,33,35,36,37)/p+1/b5-4-,8-7-,11-10-,14-13-,17-16-,20-19-. The molecule has 1 heterocycles. The lowest BCUT2D eigenvalue weighted by Gasteiger charge is -2.05. The zero-order valence-electron chi connectivity index (χ0n) is 22.3. The molecule has 7 nitrogen and oxygen atoms in total. The second-order valence-electron chi connectivity index (χ2n) is 8.36. The number of hydrogen-bond donors (Lipinski definition) is 3. The highest BCUT2D eigenvalue weighted by Crippen LogP contribution is 1.98. The molecule has 2 amide bonds. The van der Waals surface area contributed by atoms with Crippen molar-refractivity contribution in [3.8, 4) is 0 Å². The minimum absolute atomic E-state index is 0.0620. The van der Waals surface area contributed by atoms with Gasteiger partial charge in [0.05, 0.1) is 10.6 Å². The monoisotopic (exact) mass is 507 g/mol. The molecule has 1 aromatic rings. The van der Waals surface area contributed by atoms with Crippen molar-refractivity contribution in [2.24, 2.45) is 0 Å². The number of H-pyrrole nitrogens is 1. The number of aryl methyl sites for hydroxylation is 1. The number of carbonyl (C=O) groups is 2. The van der Waals surface area contributed by atoms with E-state index in [0.717, 1.165) is 38.5 Å². The third kappa shape index (κ3) is 17.4. The quantitative estimate of drug-likeness (QED) is 0.138. The summed E-state index contributed by atoms with van der Waals surface area (Å²) in [6, 6.07) is 0. The van der Waals surface area contributed by atoms with E-state index in [2.05, 4.69) is 89.4 Å². The number of rotatable bonds is 18. The first kappa shape index (κ1) is 31.3. The highest BCUT2D eigenvalue weighted by Gasteiger charge is 2.12. The fourth-order valence-electron chi connectivity index (χ4n) is 3.04. The van der Waals surface area contributed by atoms with Gasteiger partial charge in [0, 0.05) is 31.3 Å². The summed E-state index contributed by atoms with van der Waals surface area (Å²) in [6.07, 6.45) is 35.4. The lowest BCUT2D eigenvalue weighted by atomic mass is 10.2. The van der Waals surface area contributed by atoms with Gasteiger partial charge in [0.15, 0.2) is 5.69 Å². The molecule has 0 aromatic carbocycles. The van der Waals surface area contributed by atoms with Crippen molar-refractivity contribution in [1.82, 2.24) is 15.6 Å². The highest BCUT2D eigenvalue weighted by atomic mass is 16.3. The zero-order chi connectivity index (χ0) is 27.0. The molecule has 0 saturated heterocycles. The third-order valence-corrected chi connectivity index (χ3v) is 5.14. The Bertz CT molecular complexity index is 1030. The molecule has 0 unspecified atom stereocenters. The van der Waals surface area contributed by atoms with E-state index in [1.54, 1.807) is 6.92 Å². The lowest BCUT2D eigenvalue weighted by molar-refractivity contribution is -0.503. The molecule has 0 fully saturated rings. The van der Waals surface area contributed by atoms with E-state index in [4.69, 9.17) is 0 Å².